The maximum atomic E-state index is 13.3. The van der Waals surface area contributed by atoms with Crippen molar-refractivity contribution in [1.82, 2.24) is 20.2 Å². The number of benzene rings is 2. The highest BCUT2D eigenvalue weighted by Crippen LogP contribution is 2.23. The number of ether oxygens (including phenoxy) is 1. The van der Waals surface area contributed by atoms with Gasteiger partial charge in [0.05, 0.1) is 35.5 Å². The second-order valence-electron chi connectivity index (χ2n) is 7.08. The second-order valence-corrected chi connectivity index (χ2v) is 9.05. The Morgan fingerprint density at radius 1 is 1.09 bits per heavy atom. The number of amides is 3. The lowest BCUT2D eigenvalue weighted by Crippen LogP contribution is -2.39. The molecular formula is C24H22N4O4S2. The Labute approximate surface area is 204 Å². The van der Waals surface area contributed by atoms with Crippen LogP contribution in [0.15, 0.2) is 76.0 Å². The van der Waals surface area contributed by atoms with Crippen molar-refractivity contribution in [2.75, 3.05) is 12.4 Å². The minimum atomic E-state index is -0.575. The van der Waals surface area contributed by atoms with Crippen molar-refractivity contribution in [2.45, 2.75) is 18.6 Å². The number of hydrogen-bond acceptors (Lipinski definition) is 7. The molecule has 0 saturated carbocycles. The van der Waals surface area contributed by atoms with Gasteiger partial charge in [0.2, 0.25) is 5.91 Å². The maximum Gasteiger partial charge on any atom is 0.321 e. The average molecular weight is 495 g/mol. The predicted molar refractivity (Wildman–Crippen MR) is 134 cm³/mol. The van der Waals surface area contributed by atoms with E-state index in [-0.39, 0.29) is 11.3 Å². The monoisotopic (exact) mass is 494 g/mol. The van der Waals surface area contributed by atoms with Crippen LogP contribution < -0.4 is 20.9 Å². The summed E-state index contributed by atoms with van der Waals surface area (Å²) in [6.45, 7) is 2.77. The highest BCUT2D eigenvalue weighted by Gasteiger charge is 2.16. The van der Waals surface area contributed by atoms with Crippen LogP contribution in [0.4, 0.5) is 4.79 Å². The predicted octanol–water partition coefficient (Wildman–Crippen LogP) is 3.96. The van der Waals surface area contributed by atoms with Gasteiger partial charge in [0, 0.05) is 4.88 Å². The number of nitrogens with zero attached hydrogens (tertiary/aromatic N) is 2. The summed E-state index contributed by atoms with van der Waals surface area (Å²) in [5.74, 6) is 0.110. The number of aromatic nitrogens is 2. The van der Waals surface area contributed by atoms with Gasteiger partial charge in [0.1, 0.15) is 5.75 Å². The lowest BCUT2D eigenvalue weighted by atomic mass is 10.2. The van der Waals surface area contributed by atoms with E-state index < -0.39 is 11.9 Å². The number of thiophene rings is 1. The molecule has 2 aromatic heterocycles. The first kappa shape index (κ1) is 23.5. The van der Waals surface area contributed by atoms with Gasteiger partial charge in [0.25, 0.3) is 5.56 Å². The summed E-state index contributed by atoms with van der Waals surface area (Å²) in [5, 5.41) is 7.69. The first-order valence-corrected chi connectivity index (χ1v) is 12.4. The van der Waals surface area contributed by atoms with Crippen molar-refractivity contribution in [3.05, 3.63) is 81.3 Å². The van der Waals surface area contributed by atoms with Crippen LogP contribution in [-0.4, -0.2) is 33.8 Å². The van der Waals surface area contributed by atoms with Gasteiger partial charge in [-0.15, -0.1) is 11.3 Å². The Balaban J connectivity index is 1.52. The van der Waals surface area contributed by atoms with Gasteiger partial charge in [-0.2, -0.15) is 0 Å². The Hall–Kier alpha value is -3.63. The first-order valence-electron chi connectivity index (χ1n) is 10.5. The lowest BCUT2D eigenvalue weighted by Gasteiger charge is -2.14. The molecule has 0 aliphatic heterocycles. The van der Waals surface area contributed by atoms with E-state index in [9.17, 15) is 14.4 Å². The molecule has 0 fully saturated rings. The second kappa shape index (κ2) is 11.0. The maximum absolute atomic E-state index is 13.3. The number of rotatable bonds is 8. The molecule has 0 unspecified atom stereocenters. The smallest absolute Gasteiger partial charge is 0.321 e. The number of carbonyl (C=O) groups excluding carboxylic acids is 2. The minimum Gasteiger partial charge on any atom is -0.494 e. The number of fused-ring (bicyclic) bond motifs is 1. The van der Waals surface area contributed by atoms with Gasteiger partial charge in [0.15, 0.2) is 5.16 Å². The molecule has 4 aromatic rings. The van der Waals surface area contributed by atoms with Gasteiger partial charge >= 0.3 is 6.03 Å². The largest absolute Gasteiger partial charge is 0.494 e. The lowest BCUT2D eigenvalue weighted by molar-refractivity contribution is -0.117. The SMILES string of the molecule is CCOc1ccc(-n2c(SCC(=O)NC(=O)NCc3cccs3)nc3ccccc3c2=O)cc1. The van der Waals surface area contributed by atoms with Gasteiger partial charge in [-0.05, 0) is 54.8 Å². The van der Waals surface area contributed by atoms with Crippen molar-refractivity contribution in [3.8, 4) is 11.4 Å². The van der Waals surface area contributed by atoms with Gasteiger partial charge in [-0.25, -0.2) is 9.78 Å². The van der Waals surface area contributed by atoms with Crippen molar-refractivity contribution < 1.29 is 14.3 Å². The Morgan fingerprint density at radius 3 is 2.62 bits per heavy atom. The zero-order valence-corrected chi connectivity index (χ0v) is 19.9. The van der Waals surface area contributed by atoms with Crippen LogP contribution in [0.3, 0.4) is 0 Å². The van der Waals surface area contributed by atoms with E-state index >= 15 is 0 Å². The summed E-state index contributed by atoms with van der Waals surface area (Å²) in [4.78, 5) is 43.3. The highest BCUT2D eigenvalue weighted by atomic mass is 32.2. The van der Waals surface area contributed by atoms with Crippen LogP contribution in [-0.2, 0) is 11.3 Å². The number of hydrogen-bond donors (Lipinski definition) is 2. The molecule has 0 bridgehead atoms. The topological polar surface area (TPSA) is 102 Å². The van der Waals surface area contributed by atoms with E-state index in [0.29, 0.717) is 40.6 Å². The number of para-hydroxylation sites is 1. The number of thioether (sulfide) groups is 1. The Bertz CT molecular complexity index is 1350. The van der Waals surface area contributed by atoms with Crippen molar-refractivity contribution >= 4 is 45.9 Å². The summed E-state index contributed by atoms with van der Waals surface area (Å²) in [6.07, 6.45) is 0. The molecule has 3 amide bonds. The van der Waals surface area contributed by atoms with Crippen molar-refractivity contribution in [1.29, 1.82) is 0 Å². The molecule has 174 valence electrons. The van der Waals surface area contributed by atoms with Crippen LogP contribution in [0.2, 0.25) is 0 Å². The zero-order valence-electron chi connectivity index (χ0n) is 18.3. The third-order valence-corrected chi connectivity index (χ3v) is 6.55. The molecule has 2 N–H and O–H groups in total. The number of urea groups is 1. The molecule has 0 aliphatic rings. The van der Waals surface area contributed by atoms with Crippen LogP contribution in [0, 0.1) is 0 Å². The molecule has 0 radical (unpaired) electrons. The first-order chi connectivity index (χ1) is 16.5. The van der Waals surface area contributed by atoms with Crippen LogP contribution in [0.1, 0.15) is 11.8 Å². The van der Waals surface area contributed by atoms with Crippen LogP contribution in [0.5, 0.6) is 5.75 Å². The summed E-state index contributed by atoms with van der Waals surface area (Å²) in [6, 6.07) is 17.4. The van der Waals surface area contributed by atoms with Gasteiger partial charge < -0.3 is 10.1 Å². The van der Waals surface area contributed by atoms with E-state index in [0.717, 1.165) is 16.6 Å². The molecule has 4 rings (SSSR count). The fourth-order valence-electron chi connectivity index (χ4n) is 3.21. The van der Waals surface area contributed by atoms with E-state index in [1.54, 1.807) is 48.5 Å². The fraction of sp³-hybridized carbons (Fsp3) is 0.167. The van der Waals surface area contributed by atoms with Crippen molar-refractivity contribution in [2.24, 2.45) is 0 Å². The van der Waals surface area contributed by atoms with E-state index in [4.69, 9.17) is 4.74 Å². The Morgan fingerprint density at radius 2 is 1.88 bits per heavy atom. The average Bonchev–Trinajstić information content (AvgIpc) is 3.36. The van der Waals surface area contributed by atoms with Gasteiger partial charge in [-0.1, -0.05) is 30.0 Å². The van der Waals surface area contributed by atoms with E-state index in [1.165, 1.54) is 15.9 Å². The molecule has 8 nitrogen and oxygen atoms in total. The fourth-order valence-corrected chi connectivity index (χ4v) is 4.67. The summed E-state index contributed by atoms with van der Waals surface area (Å²) >= 11 is 2.60. The van der Waals surface area contributed by atoms with Crippen LogP contribution >= 0.6 is 23.1 Å². The molecule has 0 spiro atoms. The molecule has 2 heterocycles. The van der Waals surface area contributed by atoms with E-state index in [1.807, 2.05) is 24.4 Å². The van der Waals surface area contributed by atoms with E-state index in [2.05, 4.69) is 15.6 Å². The number of imide groups is 1. The third-order valence-electron chi connectivity index (χ3n) is 4.74. The summed E-state index contributed by atoms with van der Waals surface area (Å²) in [5.41, 5.74) is 0.890. The highest BCUT2D eigenvalue weighted by molar-refractivity contribution is 7.99. The number of nitrogens with one attached hydrogen (secondary N) is 2. The summed E-state index contributed by atoms with van der Waals surface area (Å²) < 4.78 is 6.95. The molecule has 0 saturated heterocycles. The van der Waals surface area contributed by atoms with Crippen molar-refractivity contribution in [3.63, 3.8) is 0 Å². The van der Waals surface area contributed by atoms with Gasteiger partial charge in [-0.3, -0.25) is 19.5 Å². The molecule has 10 heteroatoms. The zero-order chi connectivity index (χ0) is 23.9. The molecule has 0 aliphatic carbocycles. The number of carbonyl (C=O) groups is 2. The molecule has 34 heavy (non-hydrogen) atoms. The minimum absolute atomic E-state index is 0.0891. The van der Waals surface area contributed by atoms with Crippen LogP contribution in [0.25, 0.3) is 16.6 Å². The summed E-state index contributed by atoms with van der Waals surface area (Å²) in [7, 11) is 0. The third kappa shape index (κ3) is 5.64. The molecular weight excluding hydrogens is 472 g/mol. The molecule has 2 aromatic carbocycles. The quantitative estimate of drug-likeness (QED) is 0.284. The molecule has 0 atom stereocenters. The normalized spacial score (nSPS) is 10.7. The Kier molecular flexibility index (Phi) is 7.61. The standard InChI is InChI=1S/C24H22N4O4S2/c1-2-32-17-11-9-16(10-12-17)28-22(30)19-7-3-4-8-20(19)26-24(28)34-15-21(29)27-23(31)25-14-18-6-5-13-33-18/h3-13H,2,14-15H2,1H3,(H2,25,27,29,31).